The summed E-state index contributed by atoms with van der Waals surface area (Å²) in [6.07, 6.45) is 8.25. The van der Waals surface area contributed by atoms with E-state index in [0.29, 0.717) is 25.2 Å². The van der Waals surface area contributed by atoms with Crippen LogP contribution in [0.25, 0.3) is 0 Å². The molecule has 3 rings (SSSR count). The molecule has 2 heterocycles. The van der Waals surface area contributed by atoms with E-state index in [9.17, 15) is 18.3 Å². The van der Waals surface area contributed by atoms with Gasteiger partial charge in [-0.25, -0.2) is 15.1 Å². The number of nitrogens with zero attached hydrogens (tertiary/aromatic N) is 4. The van der Waals surface area contributed by atoms with Crippen LogP contribution in [0.4, 0.5) is 5.82 Å². The highest BCUT2D eigenvalue weighted by Crippen LogP contribution is 2.29. The van der Waals surface area contributed by atoms with Crippen LogP contribution in [0, 0.1) is 5.92 Å². The van der Waals surface area contributed by atoms with Gasteiger partial charge >= 0.3 is 10.3 Å². The summed E-state index contributed by atoms with van der Waals surface area (Å²) in [5.74, 6) is -0.419. The topological polar surface area (TPSA) is 162 Å². The molecule has 0 bridgehead atoms. The molecule has 2 aromatic heterocycles. The van der Waals surface area contributed by atoms with Crippen molar-refractivity contribution in [3.05, 3.63) is 48.2 Å². The SMILES string of the molecule is C/C=C/Cn1ccc(C(=O)c2cncnc2N[C@@H]2C[C@H](COS(N)(=O)=O)[C@@H](O)C2)n1. The van der Waals surface area contributed by atoms with E-state index in [1.807, 2.05) is 19.1 Å². The van der Waals surface area contributed by atoms with Gasteiger partial charge in [-0.2, -0.15) is 13.5 Å². The summed E-state index contributed by atoms with van der Waals surface area (Å²) in [6, 6.07) is 1.39. The van der Waals surface area contributed by atoms with Gasteiger partial charge in [-0.1, -0.05) is 12.2 Å². The summed E-state index contributed by atoms with van der Waals surface area (Å²) < 4.78 is 28.2. The zero-order valence-electron chi connectivity index (χ0n) is 16.4. The van der Waals surface area contributed by atoms with E-state index in [1.165, 1.54) is 12.5 Å². The van der Waals surface area contributed by atoms with Gasteiger partial charge in [0.15, 0.2) is 0 Å². The maximum absolute atomic E-state index is 12.9. The molecule has 12 heteroatoms. The van der Waals surface area contributed by atoms with Gasteiger partial charge in [0.25, 0.3) is 0 Å². The Morgan fingerprint density at radius 2 is 2.27 bits per heavy atom. The Hall–Kier alpha value is -2.67. The second-order valence-electron chi connectivity index (χ2n) is 7.02. The number of rotatable bonds is 9. The minimum absolute atomic E-state index is 0.211. The number of hydrogen-bond acceptors (Lipinski definition) is 9. The number of anilines is 1. The molecule has 0 unspecified atom stereocenters. The Morgan fingerprint density at radius 1 is 1.47 bits per heavy atom. The monoisotopic (exact) mass is 436 g/mol. The minimum Gasteiger partial charge on any atom is -0.393 e. The van der Waals surface area contributed by atoms with Crippen LogP contribution in [0.15, 0.2) is 36.9 Å². The predicted molar refractivity (Wildman–Crippen MR) is 108 cm³/mol. The van der Waals surface area contributed by atoms with Gasteiger partial charge in [-0.3, -0.25) is 13.7 Å². The smallest absolute Gasteiger partial charge is 0.333 e. The largest absolute Gasteiger partial charge is 0.393 e. The molecule has 1 aliphatic carbocycles. The molecule has 11 nitrogen and oxygen atoms in total. The number of hydrogen-bond donors (Lipinski definition) is 3. The van der Waals surface area contributed by atoms with Crippen LogP contribution in [0.2, 0.25) is 0 Å². The first-order valence-corrected chi connectivity index (χ1v) is 10.8. The van der Waals surface area contributed by atoms with Crippen LogP contribution in [0.1, 0.15) is 35.8 Å². The summed E-state index contributed by atoms with van der Waals surface area (Å²) >= 11 is 0. The Labute approximate surface area is 174 Å². The Kier molecular flexibility index (Phi) is 6.92. The standard InChI is InChI=1S/C18H24N6O5S/c1-2-3-5-24-6-4-15(23-24)17(26)14-9-20-11-21-18(14)22-13-7-12(16(25)8-13)10-29-30(19,27)28/h2-4,6,9,11-13,16,25H,5,7-8,10H2,1H3,(H2,19,27,28)(H,20,21,22)/b3-2+/t12-,13-,16+/m1/s1. The van der Waals surface area contributed by atoms with E-state index >= 15 is 0 Å². The molecule has 162 valence electrons. The van der Waals surface area contributed by atoms with Gasteiger partial charge in [0.1, 0.15) is 17.8 Å². The Bertz CT molecular complexity index is 1020. The predicted octanol–water partition coefficient (Wildman–Crippen LogP) is 0.252. The first-order chi connectivity index (χ1) is 14.3. The normalized spacial score (nSPS) is 21.9. The van der Waals surface area contributed by atoms with Crippen LogP contribution in [-0.4, -0.2) is 57.8 Å². The maximum Gasteiger partial charge on any atom is 0.333 e. The van der Waals surface area contributed by atoms with Gasteiger partial charge in [-0.15, -0.1) is 0 Å². The fourth-order valence-electron chi connectivity index (χ4n) is 3.32. The molecule has 0 radical (unpaired) electrons. The molecule has 2 aromatic rings. The molecule has 0 aromatic carbocycles. The molecular formula is C18H24N6O5S. The molecule has 1 aliphatic rings. The lowest BCUT2D eigenvalue weighted by Gasteiger charge is -2.15. The van der Waals surface area contributed by atoms with Crippen molar-refractivity contribution in [3.63, 3.8) is 0 Å². The third kappa shape index (κ3) is 5.69. The van der Waals surface area contributed by atoms with Gasteiger partial charge in [-0.05, 0) is 25.8 Å². The first-order valence-electron chi connectivity index (χ1n) is 9.38. The average molecular weight is 436 g/mol. The van der Waals surface area contributed by atoms with Crippen molar-refractivity contribution in [3.8, 4) is 0 Å². The lowest BCUT2D eigenvalue weighted by atomic mass is 10.1. The first kappa shape index (κ1) is 22.0. The summed E-state index contributed by atoms with van der Waals surface area (Å²) in [5.41, 5.74) is 0.524. The van der Waals surface area contributed by atoms with Crippen LogP contribution < -0.4 is 10.5 Å². The molecule has 0 aliphatic heterocycles. The quantitative estimate of drug-likeness (QED) is 0.369. The van der Waals surface area contributed by atoms with Crippen molar-refractivity contribution >= 4 is 21.9 Å². The fourth-order valence-corrected chi connectivity index (χ4v) is 3.69. The van der Waals surface area contributed by atoms with E-state index in [-0.39, 0.29) is 29.7 Å². The van der Waals surface area contributed by atoms with Crippen molar-refractivity contribution < 1.29 is 22.5 Å². The molecule has 0 amide bonds. The van der Waals surface area contributed by atoms with Crippen molar-refractivity contribution in [1.82, 2.24) is 19.7 Å². The van der Waals surface area contributed by atoms with Gasteiger partial charge in [0.2, 0.25) is 5.78 Å². The molecule has 3 atom stereocenters. The highest BCUT2D eigenvalue weighted by atomic mass is 32.2. The number of aliphatic hydroxyl groups is 1. The van der Waals surface area contributed by atoms with Crippen molar-refractivity contribution in [1.29, 1.82) is 0 Å². The highest BCUT2D eigenvalue weighted by Gasteiger charge is 2.34. The lowest BCUT2D eigenvalue weighted by molar-refractivity contribution is 0.101. The zero-order valence-corrected chi connectivity index (χ0v) is 17.2. The van der Waals surface area contributed by atoms with Gasteiger partial charge in [0.05, 0.1) is 24.8 Å². The van der Waals surface area contributed by atoms with Crippen LogP contribution in [0.3, 0.4) is 0 Å². The van der Waals surface area contributed by atoms with Crippen molar-refractivity contribution in [2.45, 2.75) is 38.5 Å². The minimum atomic E-state index is -4.07. The summed E-state index contributed by atoms with van der Waals surface area (Å²) in [6.45, 7) is 2.25. The highest BCUT2D eigenvalue weighted by molar-refractivity contribution is 7.84. The summed E-state index contributed by atoms with van der Waals surface area (Å²) in [4.78, 5) is 21.0. The average Bonchev–Trinajstić information content (AvgIpc) is 3.30. The molecule has 0 saturated heterocycles. The number of nitrogens with two attached hydrogens (primary N) is 1. The van der Waals surface area contributed by atoms with Crippen LogP contribution in [-0.2, 0) is 21.0 Å². The van der Waals surface area contributed by atoms with Crippen molar-refractivity contribution in [2.24, 2.45) is 11.1 Å². The van der Waals surface area contributed by atoms with Crippen LogP contribution >= 0.6 is 0 Å². The van der Waals surface area contributed by atoms with Crippen LogP contribution in [0.5, 0.6) is 0 Å². The zero-order chi connectivity index (χ0) is 21.7. The number of allylic oxidation sites excluding steroid dienone is 2. The molecule has 1 saturated carbocycles. The van der Waals surface area contributed by atoms with E-state index < -0.39 is 22.3 Å². The third-order valence-corrected chi connectivity index (χ3v) is 5.27. The van der Waals surface area contributed by atoms with E-state index in [0.717, 1.165) is 0 Å². The fraction of sp³-hybridized carbons (Fsp3) is 0.444. The van der Waals surface area contributed by atoms with E-state index in [2.05, 4.69) is 24.6 Å². The molecule has 30 heavy (non-hydrogen) atoms. The Morgan fingerprint density at radius 3 is 3.00 bits per heavy atom. The number of ketones is 1. The molecular weight excluding hydrogens is 412 g/mol. The van der Waals surface area contributed by atoms with E-state index in [1.54, 1.807) is 16.9 Å². The number of carbonyl (C=O) groups excluding carboxylic acids is 1. The third-order valence-electron chi connectivity index (χ3n) is 4.80. The maximum atomic E-state index is 12.9. The number of aromatic nitrogens is 4. The number of aliphatic hydroxyl groups excluding tert-OH is 1. The second kappa shape index (κ2) is 9.43. The second-order valence-corrected chi connectivity index (χ2v) is 8.24. The number of carbonyl (C=O) groups is 1. The summed E-state index contributed by atoms with van der Waals surface area (Å²) in [7, 11) is -4.07. The number of nitrogens with one attached hydrogen (secondary N) is 1. The molecule has 1 fully saturated rings. The Balaban J connectivity index is 1.70. The van der Waals surface area contributed by atoms with Gasteiger partial charge in [0, 0.05) is 24.4 Å². The summed E-state index contributed by atoms with van der Waals surface area (Å²) in [5, 5.41) is 22.5. The van der Waals surface area contributed by atoms with E-state index in [4.69, 9.17) is 5.14 Å². The van der Waals surface area contributed by atoms with Gasteiger partial charge < -0.3 is 10.4 Å². The van der Waals surface area contributed by atoms with Crippen molar-refractivity contribution in [2.75, 3.05) is 11.9 Å². The lowest BCUT2D eigenvalue weighted by Crippen LogP contribution is -2.24. The molecule has 0 spiro atoms. The molecule has 4 N–H and O–H groups in total.